The number of rotatable bonds is 4. The zero-order valence-electron chi connectivity index (χ0n) is 15.1. The van der Waals surface area contributed by atoms with Gasteiger partial charge in [-0.25, -0.2) is 9.59 Å². The van der Waals surface area contributed by atoms with Crippen LogP contribution in [0.1, 0.15) is 60.9 Å². The predicted molar refractivity (Wildman–Crippen MR) is 96.4 cm³/mol. The molecular weight excluding hydrogens is 316 g/mol. The fourth-order valence-electron chi connectivity index (χ4n) is 3.90. The largest absolute Gasteiger partial charge is 0.465 e. The molecule has 0 aromatic heterocycles. The molecule has 0 unspecified atom stereocenters. The van der Waals surface area contributed by atoms with Crippen LogP contribution in [0.2, 0.25) is 0 Å². The fraction of sp³-hybridized carbons (Fsp3) is 0.600. The second-order valence-electron chi connectivity index (χ2n) is 7.08. The number of nitrogens with zero attached hydrogens (tertiary/aromatic N) is 2. The topological polar surface area (TPSA) is 49.9 Å². The van der Waals surface area contributed by atoms with Crippen LogP contribution in [-0.2, 0) is 11.3 Å². The molecule has 3 rings (SSSR count). The molecule has 1 aliphatic carbocycles. The minimum absolute atomic E-state index is 0.184. The van der Waals surface area contributed by atoms with Crippen molar-refractivity contribution in [3.8, 4) is 0 Å². The summed E-state index contributed by atoms with van der Waals surface area (Å²) >= 11 is 0. The van der Waals surface area contributed by atoms with Crippen molar-refractivity contribution in [2.45, 2.75) is 57.5 Å². The van der Waals surface area contributed by atoms with Crippen LogP contribution in [0.5, 0.6) is 0 Å². The molecule has 1 heterocycles. The van der Waals surface area contributed by atoms with Crippen molar-refractivity contribution in [3.05, 3.63) is 35.4 Å². The maximum Gasteiger partial charge on any atom is 0.337 e. The average Bonchev–Trinajstić information content (AvgIpc) is 3.20. The summed E-state index contributed by atoms with van der Waals surface area (Å²) in [5, 5.41) is 0. The lowest BCUT2D eigenvalue weighted by Gasteiger charge is -2.36. The smallest absolute Gasteiger partial charge is 0.337 e. The van der Waals surface area contributed by atoms with E-state index in [9.17, 15) is 9.59 Å². The molecule has 5 nitrogen and oxygen atoms in total. The molecule has 0 bridgehead atoms. The summed E-state index contributed by atoms with van der Waals surface area (Å²) in [5.74, 6) is -0.330. The van der Waals surface area contributed by atoms with Gasteiger partial charge in [-0.1, -0.05) is 25.0 Å². The van der Waals surface area contributed by atoms with Gasteiger partial charge in [0, 0.05) is 25.7 Å². The van der Waals surface area contributed by atoms with Crippen molar-refractivity contribution in [2.24, 2.45) is 0 Å². The van der Waals surface area contributed by atoms with Crippen molar-refractivity contribution >= 4 is 12.0 Å². The van der Waals surface area contributed by atoms with Gasteiger partial charge in [0.25, 0.3) is 0 Å². The third kappa shape index (κ3) is 4.33. The van der Waals surface area contributed by atoms with Crippen LogP contribution in [0.25, 0.3) is 0 Å². The molecule has 2 aliphatic rings. The molecule has 25 heavy (non-hydrogen) atoms. The van der Waals surface area contributed by atoms with Gasteiger partial charge in [-0.05, 0) is 49.8 Å². The molecular formula is C20H28N2O3. The molecule has 136 valence electrons. The van der Waals surface area contributed by atoms with Gasteiger partial charge in [0.05, 0.1) is 12.7 Å². The standard InChI is InChI=1S/C20H28N2O3/c1-25-19(23)17-11-9-16(10-12-17)15-22(18-7-3-4-8-18)20(24)21-13-5-2-6-14-21/h9-12,18H,2-8,13-15H2,1H3. The lowest BCUT2D eigenvalue weighted by molar-refractivity contribution is 0.0600. The van der Waals surface area contributed by atoms with Crippen LogP contribution in [0.3, 0.4) is 0 Å². The summed E-state index contributed by atoms with van der Waals surface area (Å²) < 4.78 is 4.75. The molecule has 1 aromatic rings. The predicted octanol–water partition coefficient (Wildman–Crippen LogP) is 3.82. The lowest BCUT2D eigenvalue weighted by atomic mass is 10.1. The normalized spacial score (nSPS) is 18.2. The van der Waals surface area contributed by atoms with E-state index in [2.05, 4.69) is 4.90 Å². The minimum Gasteiger partial charge on any atom is -0.465 e. The number of benzene rings is 1. The highest BCUT2D eigenvalue weighted by Crippen LogP contribution is 2.27. The van der Waals surface area contributed by atoms with E-state index in [1.807, 2.05) is 17.0 Å². The Kier molecular flexibility index (Phi) is 5.95. The van der Waals surface area contributed by atoms with Gasteiger partial charge >= 0.3 is 12.0 Å². The van der Waals surface area contributed by atoms with Gasteiger partial charge in [0.1, 0.15) is 0 Å². The maximum atomic E-state index is 13.1. The van der Waals surface area contributed by atoms with E-state index in [1.54, 1.807) is 12.1 Å². The van der Waals surface area contributed by atoms with E-state index in [0.717, 1.165) is 44.3 Å². The number of piperidine rings is 1. The average molecular weight is 344 g/mol. The SMILES string of the molecule is COC(=O)c1ccc(CN(C(=O)N2CCCCC2)C2CCCC2)cc1. The fourth-order valence-corrected chi connectivity index (χ4v) is 3.90. The summed E-state index contributed by atoms with van der Waals surface area (Å²) in [5.41, 5.74) is 1.60. The summed E-state index contributed by atoms with van der Waals surface area (Å²) in [6.45, 7) is 2.37. The van der Waals surface area contributed by atoms with E-state index >= 15 is 0 Å². The first-order valence-electron chi connectivity index (χ1n) is 9.42. The van der Waals surface area contributed by atoms with Crippen molar-refractivity contribution < 1.29 is 14.3 Å². The molecule has 1 saturated heterocycles. The lowest BCUT2D eigenvalue weighted by Crippen LogP contribution is -2.48. The molecule has 0 radical (unpaired) electrons. The van der Waals surface area contributed by atoms with Gasteiger partial charge in [-0.2, -0.15) is 0 Å². The van der Waals surface area contributed by atoms with Crippen LogP contribution < -0.4 is 0 Å². The Morgan fingerprint density at radius 2 is 1.68 bits per heavy atom. The Balaban J connectivity index is 1.72. The third-order valence-electron chi connectivity index (χ3n) is 5.37. The highest BCUT2D eigenvalue weighted by molar-refractivity contribution is 5.89. The van der Waals surface area contributed by atoms with E-state index < -0.39 is 0 Å². The number of esters is 1. The first-order chi connectivity index (χ1) is 12.2. The van der Waals surface area contributed by atoms with E-state index in [-0.39, 0.29) is 12.0 Å². The van der Waals surface area contributed by atoms with E-state index in [4.69, 9.17) is 4.74 Å². The first kappa shape index (κ1) is 17.8. The monoisotopic (exact) mass is 344 g/mol. The first-order valence-corrected chi connectivity index (χ1v) is 9.42. The number of carbonyl (C=O) groups excluding carboxylic acids is 2. The van der Waals surface area contributed by atoms with Crippen LogP contribution in [0.4, 0.5) is 4.79 Å². The molecule has 0 atom stereocenters. The van der Waals surface area contributed by atoms with Crippen molar-refractivity contribution in [1.29, 1.82) is 0 Å². The van der Waals surface area contributed by atoms with Crippen LogP contribution >= 0.6 is 0 Å². The molecule has 0 N–H and O–H groups in total. The molecule has 1 aromatic carbocycles. The van der Waals surface area contributed by atoms with E-state index in [1.165, 1.54) is 26.4 Å². The van der Waals surface area contributed by atoms with Crippen LogP contribution in [0, 0.1) is 0 Å². The highest BCUT2D eigenvalue weighted by Gasteiger charge is 2.30. The number of likely N-dealkylation sites (tertiary alicyclic amines) is 1. The second kappa shape index (κ2) is 8.37. The van der Waals surface area contributed by atoms with Crippen LogP contribution in [-0.4, -0.2) is 48.0 Å². The molecule has 2 amide bonds. The number of urea groups is 1. The zero-order chi connectivity index (χ0) is 17.6. The Hall–Kier alpha value is -2.04. The number of methoxy groups -OCH3 is 1. The van der Waals surface area contributed by atoms with Crippen molar-refractivity contribution in [2.75, 3.05) is 20.2 Å². The highest BCUT2D eigenvalue weighted by atomic mass is 16.5. The van der Waals surface area contributed by atoms with Gasteiger partial charge in [0.2, 0.25) is 0 Å². The minimum atomic E-state index is -0.330. The van der Waals surface area contributed by atoms with Crippen molar-refractivity contribution in [3.63, 3.8) is 0 Å². The molecule has 5 heteroatoms. The Morgan fingerprint density at radius 1 is 1.04 bits per heavy atom. The van der Waals surface area contributed by atoms with Gasteiger partial charge in [-0.3, -0.25) is 0 Å². The number of hydrogen-bond donors (Lipinski definition) is 0. The molecule has 1 saturated carbocycles. The summed E-state index contributed by atoms with van der Waals surface area (Å²) in [6, 6.07) is 7.94. The Morgan fingerprint density at radius 3 is 2.28 bits per heavy atom. The third-order valence-corrected chi connectivity index (χ3v) is 5.37. The van der Waals surface area contributed by atoms with Crippen LogP contribution in [0.15, 0.2) is 24.3 Å². The summed E-state index contributed by atoms with van der Waals surface area (Å²) in [6.07, 6.45) is 8.05. The second-order valence-corrected chi connectivity index (χ2v) is 7.08. The number of ether oxygens (including phenoxy) is 1. The van der Waals surface area contributed by atoms with E-state index in [0.29, 0.717) is 18.2 Å². The molecule has 1 aliphatic heterocycles. The van der Waals surface area contributed by atoms with Gasteiger partial charge in [0.15, 0.2) is 0 Å². The summed E-state index contributed by atoms with van der Waals surface area (Å²) in [7, 11) is 1.38. The Bertz CT molecular complexity index is 587. The maximum absolute atomic E-state index is 13.1. The number of hydrogen-bond acceptors (Lipinski definition) is 3. The van der Waals surface area contributed by atoms with Gasteiger partial charge < -0.3 is 14.5 Å². The van der Waals surface area contributed by atoms with Gasteiger partial charge in [-0.15, -0.1) is 0 Å². The number of carbonyl (C=O) groups is 2. The molecule has 0 spiro atoms. The zero-order valence-corrected chi connectivity index (χ0v) is 15.1. The molecule has 2 fully saturated rings. The quantitative estimate of drug-likeness (QED) is 0.780. The number of amides is 2. The van der Waals surface area contributed by atoms with Crippen molar-refractivity contribution in [1.82, 2.24) is 9.80 Å². The Labute approximate surface area is 149 Å². The summed E-state index contributed by atoms with van der Waals surface area (Å²) in [4.78, 5) is 28.7.